The molecule has 0 unspecified atom stereocenters. The number of aliphatic hydroxyl groups is 1. The van der Waals surface area contributed by atoms with E-state index in [1.165, 1.54) is 0 Å². The zero-order valence-corrected chi connectivity index (χ0v) is 6.58. The predicted octanol–water partition coefficient (Wildman–Crippen LogP) is -0.302. The van der Waals surface area contributed by atoms with Gasteiger partial charge in [0.1, 0.15) is 0 Å². The lowest BCUT2D eigenvalue weighted by Crippen LogP contribution is -2.25. The highest BCUT2D eigenvalue weighted by Crippen LogP contribution is 2.11. The molecule has 1 aliphatic heterocycles. The zero-order valence-electron chi connectivity index (χ0n) is 6.58. The maximum absolute atomic E-state index is 9.32. The molecule has 1 saturated heterocycles. The van der Waals surface area contributed by atoms with E-state index >= 15 is 0 Å². The predicted molar refractivity (Wildman–Crippen MR) is 38.9 cm³/mol. The van der Waals surface area contributed by atoms with Gasteiger partial charge in [-0.3, -0.25) is 4.90 Å². The molecule has 60 valence electrons. The van der Waals surface area contributed by atoms with Gasteiger partial charge in [0.15, 0.2) is 0 Å². The number of likely N-dealkylation sites (N-methyl/N-ethyl adjacent to an activating group) is 1. The highest BCUT2D eigenvalue weighted by Gasteiger charge is 2.29. The van der Waals surface area contributed by atoms with Crippen molar-refractivity contribution in [1.82, 2.24) is 4.90 Å². The maximum Gasteiger partial charge on any atom is 0.0969 e. The number of hydrogen-bond donors (Lipinski definition) is 1. The van der Waals surface area contributed by atoms with E-state index in [4.69, 9.17) is 4.74 Å². The minimum absolute atomic E-state index is 0.0277. The number of β-amino-alcohol motifs (C(OH)–C–C–N with tert-alkyl or cyclic N) is 1. The van der Waals surface area contributed by atoms with Crippen molar-refractivity contribution >= 4 is 0 Å². The van der Waals surface area contributed by atoms with E-state index in [0.29, 0.717) is 0 Å². The summed E-state index contributed by atoms with van der Waals surface area (Å²) in [5.41, 5.74) is 0. The van der Waals surface area contributed by atoms with Crippen molar-refractivity contribution in [2.24, 2.45) is 0 Å². The summed E-state index contributed by atoms with van der Waals surface area (Å²) in [4.78, 5) is 2.18. The van der Waals surface area contributed by atoms with Gasteiger partial charge in [-0.2, -0.15) is 0 Å². The maximum atomic E-state index is 9.32. The fourth-order valence-electron chi connectivity index (χ4n) is 1.32. The van der Waals surface area contributed by atoms with Gasteiger partial charge in [0, 0.05) is 20.2 Å². The lowest BCUT2D eigenvalue weighted by Gasteiger charge is -2.10. The molecule has 0 spiro atoms. The fourth-order valence-corrected chi connectivity index (χ4v) is 1.32. The molecule has 1 fully saturated rings. The molecule has 0 bridgehead atoms. The summed E-state index contributed by atoms with van der Waals surface area (Å²) in [6, 6.07) is 0. The minimum Gasteiger partial charge on any atom is -0.389 e. The second-order valence-corrected chi connectivity index (χ2v) is 2.69. The van der Waals surface area contributed by atoms with Crippen molar-refractivity contribution in [2.75, 3.05) is 26.7 Å². The van der Waals surface area contributed by atoms with Crippen LogP contribution in [-0.2, 0) is 4.74 Å². The average Bonchev–Trinajstić information content (AvgIpc) is 2.30. The van der Waals surface area contributed by atoms with Crippen molar-refractivity contribution in [2.45, 2.75) is 19.1 Å². The fraction of sp³-hybridized carbons (Fsp3) is 1.00. The van der Waals surface area contributed by atoms with Gasteiger partial charge in [-0.05, 0) is 6.54 Å². The third kappa shape index (κ3) is 1.48. The van der Waals surface area contributed by atoms with E-state index in [2.05, 4.69) is 11.8 Å². The van der Waals surface area contributed by atoms with Crippen LogP contribution in [0, 0.1) is 0 Å². The quantitative estimate of drug-likeness (QED) is 0.579. The summed E-state index contributed by atoms with van der Waals surface area (Å²) in [5.74, 6) is 0. The minimum atomic E-state index is -0.287. The number of methoxy groups -OCH3 is 1. The third-order valence-electron chi connectivity index (χ3n) is 2.06. The van der Waals surface area contributed by atoms with Crippen LogP contribution in [0.2, 0.25) is 0 Å². The molecule has 2 atom stereocenters. The van der Waals surface area contributed by atoms with Crippen LogP contribution in [-0.4, -0.2) is 49.0 Å². The summed E-state index contributed by atoms with van der Waals surface area (Å²) in [7, 11) is 1.65. The van der Waals surface area contributed by atoms with Gasteiger partial charge < -0.3 is 9.84 Å². The average molecular weight is 145 g/mol. The van der Waals surface area contributed by atoms with E-state index < -0.39 is 0 Å². The molecule has 0 amide bonds. The third-order valence-corrected chi connectivity index (χ3v) is 2.06. The topological polar surface area (TPSA) is 32.7 Å². The summed E-state index contributed by atoms with van der Waals surface area (Å²) < 4.78 is 5.06. The van der Waals surface area contributed by atoms with Crippen molar-refractivity contribution in [3.8, 4) is 0 Å². The Hall–Kier alpha value is -0.120. The summed E-state index contributed by atoms with van der Waals surface area (Å²) >= 11 is 0. The lowest BCUT2D eigenvalue weighted by molar-refractivity contribution is 0.0215. The van der Waals surface area contributed by atoms with Crippen molar-refractivity contribution in [3.05, 3.63) is 0 Å². The number of likely N-dealkylation sites (tertiary alicyclic amines) is 1. The second kappa shape index (κ2) is 3.32. The first-order valence-electron chi connectivity index (χ1n) is 3.71. The van der Waals surface area contributed by atoms with Crippen LogP contribution in [0.15, 0.2) is 0 Å². The lowest BCUT2D eigenvalue weighted by atomic mass is 10.3. The van der Waals surface area contributed by atoms with Crippen LogP contribution in [0.3, 0.4) is 0 Å². The Morgan fingerprint density at radius 3 is 2.60 bits per heavy atom. The largest absolute Gasteiger partial charge is 0.389 e. The number of ether oxygens (including phenoxy) is 1. The van der Waals surface area contributed by atoms with Gasteiger partial charge in [0.25, 0.3) is 0 Å². The molecule has 1 rings (SSSR count). The molecule has 0 radical (unpaired) electrons. The second-order valence-electron chi connectivity index (χ2n) is 2.69. The van der Waals surface area contributed by atoms with Crippen LogP contribution in [0.1, 0.15) is 6.92 Å². The molecule has 1 aliphatic rings. The zero-order chi connectivity index (χ0) is 7.56. The van der Waals surface area contributed by atoms with Gasteiger partial charge >= 0.3 is 0 Å². The van der Waals surface area contributed by atoms with Crippen LogP contribution in [0.4, 0.5) is 0 Å². The van der Waals surface area contributed by atoms with Gasteiger partial charge in [0.05, 0.1) is 12.2 Å². The van der Waals surface area contributed by atoms with E-state index in [1.54, 1.807) is 7.11 Å². The molecule has 1 N–H and O–H groups in total. The van der Waals surface area contributed by atoms with Crippen molar-refractivity contribution < 1.29 is 9.84 Å². The molecule has 10 heavy (non-hydrogen) atoms. The summed E-state index contributed by atoms with van der Waals surface area (Å²) in [6.45, 7) is 4.71. The molecule has 3 heteroatoms. The molecule has 0 aliphatic carbocycles. The first-order chi connectivity index (χ1) is 4.77. The van der Waals surface area contributed by atoms with Gasteiger partial charge in [-0.15, -0.1) is 0 Å². The van der Waals surface area contributed by atoms with Gasteiger partial charge in [-0.25, -0.2) is 0 Å². The number of aliphatic hydroxyl groups excluding tert-OH is 1. The highest BCUT2D eigenvalue weighted by atomic mass is 16.5. The first kappa shape index (κ1) is 7.98. The Bertz CT molecular complexity index is 108. The molecular weight excluding hydrogens is 130 g/mol. The Kier molecular flexibility index (Phi) is 2.65. The van der Waals surface area contributed by atoms with E-state index in [-0.39, 0.29) is 12.2 Å². The molecule has 1 heterocycles. The van der Waals surface area contributed by atoms with Crippen molar-refractivity contribution in [3.63, 3.8) is 0 Å². The Morgan fingerprint density at radius 1 is 1.60 bits per heavy atom. The number of hydrogen-bond acceptors (Lipinski definition) is 3. The van der Waals surface area contributed by atoms with E-state index in [0.717, 1.165) is 19.6 Å². The van der Waals surface area contributed by atoms with E-state index in [1.807, 2.05) is 0 Å². The van der Waals surface area contributed by atoms with Crippen LogP contribution in [0.25, 0.3) is 0 Å². The normalized spacial score (nSPS) is 35.1. The molecule has 0 aromatic carbocycles. The number of rotatable bonds is 2. The van der Waals surface area contributed by atoms with Crippen LogP contribution in [0.5, 0.6) is 0 Å². The van der Waals surface area contributed by atoms with Crippen LogP contribution < -0.4 is 0 Å². The highest BCUT2D eigenvalue weighted by molar-refractivity contribution is 4.83. The Morgan fingerprint density at radius 2 is 2.30 bits per heavy atom. The molecule has 0 saturated carbocycles. The van der Waals surface area contributed by atoms with Crippen LogP contribution >= 0.6 is 0 Å². The number of nitrogens with zero attached hydrogens (tertiary/aromatic N) is 1. The molecule has 0 aromatic heterocycles. The smallest absolute Gasteiger partial charge is 0.0969 e. The molecular formula is C7H15NO2. The van der Waals surface area contributed by atoms with Crippen molar-refractivity contribution in [1.29, 1.82) is 0 Å². The monoisotopic (exact) mass is 145 g/mol. The van der Waals surface area contributed by atoms with E-state index in [9.17, 15) is 5.11 Å². The van der Waals surface area contributed by atoms with Gasteiger partial charge in [0.2, 0.25) is 0 Å². The first-order valence-corrected chi connectivity index (χ1v) is 3.71. The summed E-state index contributed by atoms with van der Waals surface area (Å²) in [6.07, 6.45) is -0.259. The Labute approximate surface area is 61.6 Å². The summed E-state index contributed by atoms with van der Waals surface area (Å²) in [5, 5.41) is 9.32. The van der Waals surface area contributed by atoms with Gasteiger partial charge in [-0.1, -0.05) is 6.92 Å². The Balaban J connectivity index is 2.36. The SMILES string of the molecule is CCN1C[C@@H](O)[C@H](OC)C1. The molecule has 3 nitrogen and oxygen atoms in total. The standard InChI is InChI=1S/C7H15NO2/c1-3-8-4-6(9)7(5-8)10-2/h6-7,9H,3-5H2,1-2H3/t6-,7-/m1/s1. The molecule has 0 aromatic rings.